The van der Waals surface area contributed by atoms with Crippen molar-refractivity contribution in [1.29, 1.82) is 0 Å². The van der Waals surface area contributed by atoms with Crippen LogP contribution in [0.25, 0.3) is 0 Å². The van der Waals surface area contributed by atoms with Crippen molar-refractivity contribution in [2.24, 2.45) is 0 Å². The molecule has 0 aliphatic heterocycles. The summed E-state index contributed by atoms with van der Waals surface area (Å²) < 4.78 is 6.48. The highest BCUT2D eigenvalue weighted by molar-refractivity contribution is 5.12. The van der Waals surface area contributed by atoms with E-state index in [-0.39, 0.29) is 5.56 Å². The van der Waals surface area contributed by atoms with Gasteiger partial charge >= 0.3 is 0 Å². The number of nitrogens with zero attached hydrogens (tertiary/aromatic N) is 2. The first-order valence-corrected chi connectivity index (χ1v) is 5.96. The lowest BCUT2D eigenvalue weighted by atomic mass is 10.2. The summed E-state index contributed by atoms with van der Waals surface area (Å²) in [6, 6.07) is 1.84. The normalized spacial score (nSPS) is 10.8. The Labute approximate surface area is 102 Å². The van der Waals surface area contributed by atoms with Crippen LogP contribution >= 0.6 is 0 Å². The molecule has 0 spiro atoms. The average Bonchev–Trinajstić information content (AvgIpc) is 2.30. The standard InChI is InChI=1S/C12H21N3O2/c1-4-6-15-12(16)11(8-10(2)14-15)9-13-5-7-17-3/h8,13H,4-7,9H2,1-3H3. The first-order valence-electron chi connectivity index (χ1n) is 5.96. The summed E-state index contributed by atoms with van der Waals surface area (Å²) in [5, 5.41) is 7.39. The van der Waals surface area contributed by atoms with Crippen LogP contribution in [0.1, 0.15) is 24.6 Å². The molecule has 0 fully saturated rings. The second-order valence-electron chi connectivity index (χ2n) is 4.01. The number of ether oxygens (including phenoxy) is 1. The highest BCUT2D eigenvalue weighted by Crippen LogP contribution is 1.96. The van der Waals surface area contributed by atoms with E-state index in [2.05, 4.69) is 10.4 Å². The van der Waals surface area contributed by atoms with Crippen molar-refractivity contribution in [2.75, 3.05) is 20.3 Å². The molecule has 0 saturated carbocycles. The Morgan fingerprint density at radius 3 is 2.94 bits per heavy atom. The molecular weight excluding hydrogens is 218 g/mol. The molecule has 0 radical (unpaired) electrons. The maximum absolute atomic E-state index is 12.0. The van der Waals surface area contributed by atoms with Gasteiger partial charge in [-0.15, -0.1) is 0 Å². The van der Waals surface area contributed by atoms with Crippen LogP contribution in [0.15, 0.2) is 10.9 Å². The smallest absolute Gasteiger partial charge is 0.271 e. The van der Waals surface area contributed by atoms with Gasteiger partial charge in [0.15, 0.2) is 0 Å². The number of rotatable bonds is 7. The quantitative estimate of drug-likeness (QED) is 0.712. The molecule has 0 saturated heterocycles. The van der Waals surface area contributed by atoms with Crippen LogP contribution in [0.3, 0.4) is 0 Å². The van der Waals surface area contributed by atoms with Crippen molar-refractivity contribution in [2.45, 2.75) is 33.4 Å². The molecule has 5 nitrogen and oxygen atoms in total. The molecule has 1 aromatic rings. The monoisotopic (exact) mass is 239 g/mol. The van der Waals surface area contributed by atoms with Crippen LogP contribution < -0.4 is 10.9 Å². The highest BCUT2D eigenvalue weighted by atomic mass is 16.5. The Morgan fingerprint density at radius 2 is 2.29 bits per heavy atom. The molecule has 0 bridgehead atoms. The predicted molar refractivity (Wildman–Crippen MR) is 67.1 cm³/mol. The van der Waals surface area contributed by atoms with Gasteiger partial charge in [-0.2, -0.15) is 5.10 Å². The molecule has 17 heavy (non-hydrogen) atoms. The molecule has 0 aliphatic rings. The number of methoxy groups -OCH3 is 1. The lowest BCUT2D eigenvalue weighted by Gasteiger charge is -2.08. The average molecular weight is 239 g/mol. The van der Waals surface area contributed by atoms with Crippen LogP contribution in [0, 0.1) is 6.92 Å². The highest BCUT2D eigenvalue weighted by Gasteiger charge is 2.05. The first-order chi connectivity index (χ1) is 8.19. The molecule has 1 aromatic heterocycles. The summed E-state index contributed by atoms with van der Waals surface area (Å²) in [5.74, 6) is 0. The molecule has 0 unspecified atom stereocenters. The zero-order valence-electron chi connectivity index (χ0n) is 10.8. The molecule has 5 heteroatoms. The van der Waals surface area contributed by atoms with Gasteiger partial charge in [-0.05, 0) is 19.4 Å². The second-order valence-corrected chi connectivity index (χ2v) is 4.01. The number of aryl methyl sites for hydroxylation is 2. The van der Waals surface area contributed by atoms with Crippen molar-refractivity contribution in [3.8, 4) is 0 Å². The molecule has 0 aliphatic carbocycles. The molecule has 0 amide bonds. The fraction of sp³-hybridized carbons (Fsp3) is 0.667. The Morgan fingerprint density at radius 1 is 1.53 bits per heavy atom. The number of nitrogens with one attached hydrogen (secondary N) is 1. The van der Waals surface area contributed by atoms with Gasteiger partial charge < -0.3 is 10.1 Å². The molecule has 0 aromatic carbocycles. The van der Waals surface area contributed by atoms with Gasteiger partial charge in [-0.3, -0.25) is 4.79 Å². The van der Waals surface area contributed by atoms with Gasteiger partial charge in [-0.1, -0.05) is 6.92 Å². The van der Waals surface area contributed by atoms with Crippen molar-refractivity contribution in [3.05, 3.63) is 27.7 Å². The van der Waals surface area contributed by atoms with E-state index in [9.17, 15) is 4.79 Å². The third kappa shape index (κ3) is 4.28. The minimum atomic E-state index is 0.00219. The van der Waals surface area contributed by atoms with Crippen molar-refractivity contribution < 1.29 is 4.74 Å². The van der Waals surface area contributed by atoms with E-state index in [4.69, 9.17) is 4.74 Å². The fourth-order valence-corrected chi connectivity index (χ4v) is 1.63. The van der Waals surface area contributed by atoms with E-state index in [0.29, 0.717) is 19.7 Å². The lowest BCUT2D eigenvalue weighted by Crippen LogP contribution is -2.30. The lowest BCUT2D eigenvalue weighted by molar-refractivity contribution is 0.199. The van der Waals surface area contributed by atoms with Crippen LogP contribution in [-0.2, 0) is 17.8 Å². The van der Waals surface area contributed by atoms with E-state index in [0.717, 1.165) is 24.2 Å². The molecule has 1 N–H and O–H groups in total. The van der Waals surface area contributed by atoms with Gasteiger partial charge in [-0.25, -0.2) is 4.68 Å². The largest absolute Gasteiger partial charge is 0.383 e. The Bertz CT molecular complexity index is 401. The molecular formula is C12H21N3O2. The van der Waals surface area contributed by atoms with Gasteiger partial charge in [0.1, 0.15) is 0 Å². The minimum absolute atomic E-state index is 0.00219. The van der Waals surface area contributed by atoms with Crippen molar-refractivity contribution in [1.82, 2.24) is 15.1 Å². The summed E-state index contributed by atoms with van der Waals surface area (Å²) in [6.07, 6.45) is 0.910. The van der Waals surface area contributed by atoms with Gasteiger partial charge in [0.2, 0.25) is 0 Å². The van der Waals surface area contributed by atoms with Gasteiger partial charge in [0, 0.05) is 32.3 Å². The van der Waals surface area contributed by atoms with Crippen LogP contribution in [0.5, 0.6) is 0 Å². The second kappa shape index (κ2) is 7.19. The predicted octanol–water partition coefficient (Wildman–Crippen LogP) is 0.698. The molecule has 96 valence electrons. The molecule has 1 rings (SSSR count). The van der Waals surface area contributed by atoms with E-state index in [1.165, 1.54) is 0 Å². The van der Waals surface area contributed by atoms with E-state index < -0.39 is 0 Å². The van der Waals surface area contributed by atoms with Gasteiger partial charge in [0.05, 0.1) is 12.3 Å². The number of hydrogen-bond donors (Lipinski definition) is 1. The van der Waals surface area contributed by atoms with Crippen LogP contribution in [0.2, 0.25) is 0 Å². The minimum Gasteiger partial charge on any atom is -0.383 e. The van der Waals surface area contributed by atoms with Crippen molar-refractivity contribution >= 4 is 0 Å². The zero-order valence-corrected chi connectivity index (χ0v) is 10.8. The fourth-order valence-electron chi connectivity index (χ4n) is 1.63. The topological polar surface area (TPSA) is 56.1 Å². The Kier molecular flexibility index (Phi) is 5.86. The zero-order chi connectivity index (χ0) is 12.7. The summed E-state index contributed by atoms with van der Waals surface area (Å²) in [6.45, 7) is 6.57. The summed E-state index contributed by atoms with van der Waals surface area (Å²) in [7, 11) is 1.66. The van der Waals surface area contributed by atoms with Crippen molar-refractivity contribution in [3.63, 3.8) is 0 Å². The Balaban J connectivity index is 2.73. The van der Waals surface area contributed by atoms with Crippen LogP contribution in [0.4, 0.5) is 0 Å². The maximum atomic E-state index is 12.0. The number of aromatic nitrogens is 2. The Hall–Kier alpha value is -1.20. The number of hydrogen-bond acceptors (Lipinski definition) is 4. The third-order valence-electron chi connectivity index (χ3n) is 2.40. The van der Waals surface area contributed by atoms with E-state index in [1.807, 2.05) is 19.9 Å². The summed E-state index contributed by atoms with van der Waals surface area (Å²) >= 11 is 0. The molecule has 1 heterocycles. The molecule has 0 atom stereocenters. The summed E-state index contributed by atoms with van der Waals surface area (Å²) in [4.78, 5) is 12.0. The van der Waals surface area contributed by atoms with Crippen LogP contribution in [-0.4, -0.2) is 30.0 Å². The van der Waals surface area contributed by atoms with E-state index >= 15 is 0 Å². The summed E-state index contributed by atoms with van der Waals surface area (Å²) in [5.41, 5.74) is 1.64. The maximum Gasteiger partial charge on any atom is 0.271 e. The van der Waals surface area contributed by atoms with E-state index in [1.54, 1.807) is 11.8 Å². The first kappa shape index (κ1) is 13.9. The third-order valence-corrected chi connectivity index (χ3v) is 2.40. The van der Waals surface area contributed by atoms with Gasteiger partial charge in [0.25, 0.3) is 5.56 Å². The SMILES string of the molecule is CCCn1nc(C)cc(CNCCOC)c1=O.